The Kier molecular flexibility index (Phi) is 7.01. The molecule has 0 N–H and O–H groups in total. The molecule has 0 atom stereocenters. The predicted molar refractivity (Wildman–Crippen MR) is 131 cm³/mol. The van der Waals surface area contributed by atoms with Crippen molar-refractivity contribution in [3.63, 3.8) is 0 Å². The molecule has 3 aromatic carbocycles. The lowest BCUT2D eigenvalue weighted by molar-refractivity contribution is 0.0779. The highest BCUT2D eigenvalue weighted by atomic mass is 19.1. The number of ether oxygens (including phenoxy) is 3. The minimum absolute atomic E-state index is 0.153. The molecule has 35 heavy (non-hydrogen) atoms. The van der Waals surface area contributed by atoms with Gasteiger partial charge in [0.1, 0.15) is 0 Å². The van der Waals surface area contributed by atoms with Gasteiger partial charge in [-0.15, -0.1) is 0 Å². The second kappa shape index (κ2) is 10.3. The van der Waals surface area contributed by atoms with Crippen LogP contribution in [0.4, 0.5) is 4.39 Å². The molecule has 0 aliphatic carbocycles. The minimum atomic E-state index is -0.481. The third kappa shape index (κ3) is 4.96. The third-order valence-corrected chi connectivity index (χ3v) is 5.61. The van der Waals surface area contributed by atoms with E-state index in [9.17, 15) is 9.18 Å². The largest absolute Gasteiger partial charge is 0.494 e. The molecule has 0 bridgehead atoms. The van der Waals surface area contributed by atoms with E-state index >= 15 is 0 Å². The minimum Gasteiger partial charge on any atom is -0.494 e. The van der Waals surface area contributed by atoms with Crippen molar-refractivity contribution >= 4 is 5.91 Å². The van der Waals surface area contributed by atoms with Crippen LogP contribution in [0.25, 0.3) is 16.8 Å². The average molecular weight is 476 g/mol. The first-order valence-electron chi connectivity index (χ1n) is 10.9. The van der Waals surface area contributed by atoms with E-state index < -0.39 is 5.82 Å². The van der Waals surface area contributed by atoms with Crippen LogP contribution < -0.4 is 14.2 Å². The van der Waals surface area contributed by atoms with Gasteiger partial charge in [0, 0.05) is 25.4 Å². The zero-order valence-corrected chi connectivity index (χ0v) is 20.0. The molecule has 1 heterocycles. The van der Waals surface area contributed by atoms with Crippen molar-refractivity contribution in [1.29, 1.82) is 0 Å². The number of hydrogen-bond donors (Lipinski definition) is 0. The lowest BCUT2D eigenvalue weighted by Gasteiger charge is -2.17. The van der Waals surface area contributed by atoms with Gasteiger partial charge in [-0.25, -0.2) is 9.07 Å². The number of halogens is 1. The van der Waals surface area contributed by atoms with Crippen LogP contribution in [0.3, 0.4) is 0 Å². The summed E-state index contributed by atoms with van der Waals surface area (Å²) in [6, 6.07) is 19.6. The lowest BCUT2D eigenvalue weighted by atomic mass is 10.0. The smallest absolute Gasteiger partial charge is 0.275 e. The third-order valence-electron chi connectivity index (χ3n) is 5.61. The number of benzene rings is 3. The SMILES string of the molecule is COc1ccc(CN(C)C(=O)c2nn(-c3ccccc3)cc2-c2ccc(OC)c(OC)c2)cc1F. The maximum absolute atomic E-state index is 14.2. The van der Waals surface area contributed by atoms with Gasteiger partial charge in [-0.3, -0.25) is 4.79 Å². The monoisotopic (exact) mass is 475 g/mol. The molecule has 0 saturated heterocycles. The summed E-state index contributed by atoms with van der Waals surface area (Å²) in [5.41, 5.74) is 3.09. The molecule has 1 amide bonds. The number of methoxy groups -OCH3 is 3. The highest BCUT2D eigenvalue weighted by Gasteiger charge is 2.23. The fraction of sp³-hybridized carbons (Fsp3) is 0.185. The Balaban J connectivity index is 1.73. The van der Waals surface area contributed by atoms with Gasteiger partial charge in [0.2, 0.25) is 0 Å². The van der Waals surface area contributed by atoms with Crippen LogP contribution in [0.1, 0.15) is 16.1 Å². The molecular formula is C27H26FN3O4. The van der Waals surface area contributed by atoms with Crippen LogP contribution in [0.2, 0.25) is 0 Å². The normalized spacial score (nSPS) is 10.7. The summed E-state index contributed by atoms with van der Waals surface area (Å²) >= 11 is 0. The van der Waals surface area contributed by atoms with E-state index in [-0.39, 0.29) is 23.9 Å². The van der Waals surface area contributed by atoms with Gasteiger partial charge in [0.05, 0.1) is 27.0 Å². The maximum Gasteiger partial charge on any atom is 0.275 e. The van der Waals surface area contributed by atoms with Crippen LogP contribution >= 0.6 is 0 Å². The Morgan fingerprint density at radius 2 is 1.60 bits per heavy atom. The van der Waals surface area contributed by atoms with Crippen LogP contribution in [-0.2, 0) is 6.54 Å². The number of rotatable bonds is 8. The van der Waals surface area contributed by atoms with E-state index in [1.807, 2.05) is 42.6 Å². The Labute approximate surface area is 203 Å². The van der Waals surface area contributed by atoms with Gasteiger partial charge in [-0.2, -0.15) is 5.10 Å². The van der Waals surface area contributed by atoms with Crippen LogP contribution in [0.5, 0.6) is 17.2 Å². The summed E-state index contributed by atoms with van der Waals surface area (Å²) in [5, 5.41) is 4.62. The Hall–Kier alpha value is -4.33. The molecule has 1 aromatic heterocycles. The number of aromatic nitrogens is 2. The van der Waals surface area contributed by atoms with Crippen LogP contribution in [-0.4, -0.2) is 49.0 Å². The van der Waals surface area contributed by atoms with E-state index in [4.69, 9.17) is 14.2 Å². The summed E-state index contributed by atoms with van der Waals surface area (Å²) in [5.74, 6) is 0.488. The van der Waals surface area contributed by atoms with E-state index in [0.29, 0.717) is 22.6 Å². The van der Waals surface area contributed by atoms with Crippen molar-refractivity contribution in [2.75, 3.05) is 28.4 Å². The van der Waals surface area contributed by atoms with Gasteiger partial charge in [0.15, 0.2) is 28.8 Å². The van der Waals surface area contributed by atoms with Crippen molar-refractivity contribution < 1.29 is 23.4 Å². The van der Waals surface area contributed by atoms with E-state index in [1.54, 1.807) is 50.2 Å². The average Bonchev–Trinajstić information content (AvgIpc) is 3.34. The molecule has 0 spiro atoms. The summed E-state index contributed by atoms with van der Waals surface area (Å²) in [6.45, 7) is 0.198. The molecule has 4 rings (SSSR count). The first-order chi connectivity index (χ1) is 16.9. The first-order valence-corrected chi connectivity index (χ1v) is 10.9. The molecule has 0 aliphatic heterocycles. The predicted octanol–water partition coefficient (Wildman–Crippen LogP) is 4.98. The fourth-order valence-corrected chi connectivity index (χ4v) is 3.79. The van der Waals surface area contributed by atoms with Gasteiger partial charge in [0.25, 0.3) is 5.91 Å². The lowest BCUT2D eigenvalue weighted by Crippen LogP contribution is -2.27. The Morgan fingerprint density at radius 1 is 0.914 bits per heavy atom. The number of carbonyl (C=O) groups is 1. The molecular weight excluding hydrogens is 449 g/mol. The van der Waals surface area contributed by atoms with E-state index in [1.165, 1.54) is 18.1 Å². The summed E-state index contributed by atoms with van der Waals surface area (Å²) in [7, 11) is 6.19. The standard InChI is InChI=1S/C27H26FN3O4/c1-30(16-18-10-12-23(33-2)22(28)14-18)27(32)26-21(17-31(29-26)20-8-6-5-7-9-20)19-11-13-24(34-3)25(15-19)35-4/h5-15,17H,16H2,1-4H3. The van der Waals surface area contributed by atoms with Crippen molar-refractivity contribution in [3.8, 4) is 34.1 Å². The Morgan fingerprint density at radius 3 is 2.26 bits per heavy atom. The first kappa shape index (κ1) is 23.8. The van der Waals surface area contributed by atoms with Crippen molar-refractivity contribution in [2.24, 2.45) is 0 Å². The number of nitrogens with zero attached hydrogens (tertiary/aromatic N) is 3. The molecule has 180 valence electrons. The number of amides is 1. The fourth-order valence-electron chi connectivity index (χ4n) is 3.79. The van der Waals surface area contributed by atoms with Crippen LogP contribution in [0, 0.1) is 5.82 Å². The maximum atomic E-state index is 14.2. The summed E-state index contributed by atoms with van der Waals surface area (Å²) in [6.07, 6.45) is 1.81. The van der Waals surface area contributed by atoms with Crippen molar-refractivity contribution in [1.82, 2.24) is 14.7 Å². The highest BCUT2D eigenvalue weighted by molar-refractivity contribution is 5.99. The molecule has 0 saturated carbocycles. The second-order valence-electron chi connectivity index (χ2n) is 7.87. The zero-order chi connectivity index (χ0) is 24.9. The quantitative estimate of drug-likeness (QED) is 0.360. The van der Waals surface area contributed by atoms with Crippen molar-refractivity contribution in [2.45, 2.75) is 6.54 Å². The van der Waals surface area contributed by atoms with Crippen LogP contribution in [0.15, 0.2) is 72.9 Å². The Bertz CT molecular complexity index is 1340. The molecule has 4 aromatic rings. The summed E-state index contributed by atoms with van der Waals surface area (Å²) in [4.78, 5) is 15.1. The topological polar surface area (TPSA) is 65.8 Å². The molecule has 0 radical (unpaired) electrons. The molecule has 7 nitrogen and oxygen atoms in total. The van der Waals surface area contributed by atoms with Gasteiger partial charge >= 0.3 is 0 Å². The zero-order valence-electron chi connectivity index (χ0n) is 20.0. The molecule has 0 unspecified atom stereocenters. The number of para-hydroxylation sites is 1. The molecule has 0 fully saturated rings. The number of hydrogen-bond acceptors (Lipinski definition) is 5. The van der Waals surface area contributed by atoms with Gasteiger partial charge in [-0.05, 0) is 47.5 Å². The molecule has 0 aliphatic rings. The molecule has 8 heteroatoms. The highest BCUT2D eigenvalue weighted by Crippen LogP contribution is 2.34. The van der Waals surface area contributed by atoms with E-state index in [2.05, 4.69) is 5.10 Å². The van der Waals surface area contributed by atoms with Gasteiger partial charge < -0.3 is 19.1 Å². The summed E-state index contributed by atoms with van der Waals surface area (Å²) < 4.78 is 31.6. The second-order valence-corrected chi connectivity index (χ2v) is 7.87. The van der Waals surface area contributed by atoms with Crippen molar-refractivity contribution in [3.05, 3.63) is 90.0 Å². The van der Waals surface area contributed by atoms with Gasteiger partial charge in [-0.1, -0.05) is 30.3 Å². The number of carbonyl (C=O) groups excluding carboxylic acids is 1. The van der Waals surface area contributed by atoms with E-state index in [0.717, 1.165) is 11.3 Å².